The quantitative estimate of drug-likeness (QED) is 0.176. The Morgan fingerprint density at radius 2 is 1.58 bits per heavy atom. The molecule has 4 N–H and O–H groups in total. The third-order valence-corrected chi connectivity index (χ3v) is 8.09. The second kappa shape index (κ2) is 15.7. The van der Waals surface area contributed by atoms with Crippen LogP contribution in [0.15, 0.2) is 65.7 Å². The van der Waals surface area contributed by atoms with Gasteiger partial charge in [0.1, 0.15) is 11.6 Å². The van der Waals surface area contributed by atoms with Crippen molar-refractivity contribution >= 4 is 39.3 Å². The number of methoxy groups -OCH3 is 3. The highest BCUT2D eigenvalue weighted by Gasteiger charge is 2.27. The summed E-state index contributed by atoms with van der Waals surface area (Å²) in [4.78, 5) is 42.0. The minimum absolute atomic E-state index is 0.0539. The van der Waals surface area contributed by atoms with E-state index in [1.54, 1.807) is 24.3 Å². The maximum Gasteiger partial charge on any atom is 0.305 e. The molecule has 0 radical (unpaired) electrons. The Hall–Kier alpha value is -4.85. The van der Waals surface area contributed by atoms with E-state index in [-0.39, 0.29) is 29.5 Å². The average molecular weight is 643 g/mol. The van der Waals surface area contributed by atoms with Crippen molar-refractivity contribution in [1.29, 1.82) is 0 Å². The van der Waals surface area contributed by atoms with Gasteiger partial charge in [-0.3, -0.25) is 19.1 Å². The highest BCUT2D eigenvalue weighted by molar-refractivity contribution is 7.92. The van der Waals surface area contributed by atoms with E-state index >= 15 is 0 Å². The minimum Gasteiger partial charge on any atom is -0.497 e. The van der Waals surface area contributed by atoms with Gasteiger partial charge in [0, 0.05) is 30.3 Å². The first-order valence-corrected chi connectivity index (χ1v) is 15.5. The zero-order valence-corrected chi connectivity index (χ0v) is 26.5. The number of nitrogens with zero attached hydrogens (tertiary/aromatic N) is 1. The topological polar surface area (TPSA) is 182 Å². The second-order valence-electron chi connectivity index (χ2n) is 10.6. The molecular weight excluding hydrogens is 604 g/mol. The van der Waals surface area contributed by atoms with Gasteiger partial charge in [0.25, 0.3) is 10.0 Å². The number of hydrogen-bond acceptors (Lipinski definition) is 9. The number of rotatable bonds is 16. The number of hydrogen-bond donors (Lipinski definition) is 4. The summed E-state index contributed by atoms with van der Waals surface area (Å²) in [5.74, 6) is -1.42. The molecule has 2 atom stereocenters. The van der Waals surface area contributed by atoms with Gasteiger partial charge < -0.3 is 30.0 Å². The Kier molecular flexibility index (Phi) is 12.1. The van der Waals surface area contributed by atoms with Crippen LogP contribution in [-0.2, 0) is 24.4 Å². The van der Waals surface area contributed by atoms with Gasteiger partial charge in [-0.1, -0.05) is 19.9 Å². The number of amides is 2. The Labute approximate surface area is 262 Å². The van der Waals surface area contributed by atoms with E-state index in [1.165, 1.54) is 57.9 Å². The molecule has 2 amide bonds. The smallest absolute Gasteiger partial charge is 0.305 e. The molecule has 0 aliphatic heterocycles. The summed E-state index contributed by atoms with van der Waals surface area (Å²) < 4.78 is 43.7. The second-order valence-corrected chi connectivity index (χ2v) is 12.2. The lowest BCUT2D eigenvalue weighted by molar-refractivity contribution is -0.138. The molecule has 0 saturated heterocycles. The van der Waals surface area contributed by atoms with E-state index in [1.807, 2.05) is 13.8 Å². The van der Waals surface area contributed by atoms with Gasteiger partial charge in [0.15, 0.2) is 11.5 Å². The van der Waals surface area contributed by atoms with Crippen molar-refractivity contribution in [3.05, 3.63) is 66.4 Å². The van der Waals surface area contributed by atoms with Crippen molar-refractivity contribution < 1.29 is 42.1 Å². The van der Waals surface area contributed by atoms with Crippen LogP contribution in [-0.4, -0.2) is 57.6 Å². The number of carboxylic acids is 1. The number of sulfonamides is 1. The third-order valence-electron chi connectivity index (χ3n) is 6.72. The number of ether oxygens (including phenoxy) is 3. The van der Waals surface area contributed by atoms with E-state index in [9.17, 15) is 27.9 Å². The normalized spacial score (nSPS) is 12.5. The van der Waals surface area contributed by atoms with Crippen LogP contribution in [0, 0.1) is 11.8 Å². The summed E-state index contributed by atoms with van der Waals surface area (Å²) in [6, 6.07) is 12.5. The van der Waals surface area contributed by atoms with E-state index in [0.29, 0.717) is 34.9 Å². The van der Waals surface area contributed by atoms with Gasteiger partial charge >= 0.3 is 5.97 Å². The number of nitrogens with one attached hydrogen (secondary N) is 3. The number of anilines is 2. The lowest BCUT2D eigenvalue weighted by atomic mass is 9.92. The molecule has 0 aliphatic carbocycles. The Morgan fingerprint density at radius 3 is 2.18 bits per heavy atom. The first-order chi connectivity index (χ1) is 21.3. The van der Waals surface area contributed by atoms with Crippen LogP contribution in [0.2, 0.25) is 0 Å². The largest absolute Gasteiger partial charge is 0.497 e. The third kappa shape index (κ3) is 10.1. The Bertz CT molecular complexity index is 1590. The molecule has 0 fully saturated rings. The molecule has 2 unspecified atom stereocenters. The van der Waals surface area contributed by atoms with Gasteiger partial charge in [0.2, 0.25) is 11.8 Å². The number of carbonyl (C=O) groups is 3. The molecule has 45 heavy (non-hydrogen) atoms. The van der Waals surface area contributed by atoms with Crippen LogP contribution in [0.3, 0.4) is 0 Å². The van der Waals surface area contributed by atoms with Crippen LogP contribution in [0.1, 0.15) is 44.7 Å². The summed E-state index contributed by atoms with van der Waals surface area (Å²) in [5.41, 5.74) is 0.833. The first kappa shape index (κ1) is 34.6. The zero-order valence-electron chi connectivity index (χ0n) is 25.7. The monoisotopic (exact) mass is 642 g/mol. The molecule has 0 bridgehead atoms. The van der Waals surface area contributed by atoms with E-state index in [2.05, 4.69) is 20.3 Å². The SMILES string of the molecule is COc1ccnc(NS(=O)(=O)c2ccc(NC(=O)CC(CC(C)C)C(=O)NC(CC(=O)O)c3ccc(OC)c(OC)c3)cc2)c1. The summed E-state index contributed by atoms with van der Waals surface area (Å²) in [5, 5.41) is 15.0. The lowest BCUT2D eigenvalue weighted by Crippen LogP contribution is -2.37. The zero-order chi connectivity index (χ0) is 33.1. The fourth-order valence-electron chi connectivity index (χ4n) is 4.58. The maximum atomic E-state index is 13.4. The summed E-state index contributed by atoms with van der Waals surface area (Å²) >= 11 is 0. The molecule has 3 aromatic rings. The molecule has 0 spiro atoms. The summed E-state index contributed by atoms with van der Waals surface area (Å²) in [6.07, 6.45) is 1.20. The fraction of sp³-hybridized carbons (Fsp3) is 0.355. The molecule has 14 heteroatoms. The van der Waals surface area contributed by atoms with Crippen molar-refractivity contribution in [1.82, 2.24) is 10.3 Å². The van der Waals surface area contributed by atoms with Gasteiger partial charge in [-0.15, -0.1) is 0 Å². The molecular formula is C31H38N4O9S. The summed E-state index contributed by atoms with van der Waals surface area (Å²) in [7, 11) is 0.412. The van der Waals surface area contributed by atoms with Crippen molar-refractivity contribution in [3.8, 4) is 17.2 Å². The first-order valence-electron chi connectivity index (χ1n) is 14.0. The number of aliphatic carboxylic acids is 1. The van der Waals surface area contributed by atoms with Gasteiger partial charge in [0.05, 0.1) is 38.7 Å². The molecule has 1 aromatic heterocycles. The Morgan fingerprint density at radius 1 is 0.889 bits per heavy atom. The lowest BCUT2D eigenvalue weighted by Gasteiger charge is -2.24. The molecule has 0 saturated carbocycles. The number of carboxylic acid groups (broad SMARTS) is 1. The van der Waals surface area contributed by atoms with Crippen molar-refractivity contribution in [2.45, 2.75) is 44.0 Å². The number of benzene rings is 2. The molecule has 242 valence electrons. The van der Waals surface area contributed by atoms with E-state index in [4.69, 9.17) is 14.2 Å². The minimum atomic E-state index is -3.97. The highest BCUT2D eigenvalue weighted by Crippen LogP contribution is 2.31. The predicted octanol–water partition coefficient (Wildman–Crippen LogP) is 4.23. The maximum absolute atomic E-state index is 13.4. The molecule has 0 aliphatic rings. The standard InChI is InChI=1S/C31H38N4O9S/c1-19(2)14-21(31(39)34-25(18-30(37)38)20-6-11-26(43-4)27(15-20)44-5)16-29(36)33-22-7-9-24(10-8-22)45(40,41)35-28-17-23(42-3)12-13-32-28/h6-13,15,17,19,21,25H,14,16,18H2,1-5H3,(H,32,35)(H,33,36)(H,34,39)(H,37,38). The van der Waals surface area contributed by atoms with Crippen molar-refractivity contribution in [3.63, 3.8) is 0 Å². The average Bonchev–Trinajstić information content (AvgIpc) is 2.99. The van der Waals surface area contributed by atoms with Crippen LogP contribution in [0.25, 0.3) is 0 Å². The number of pyridine rings is 1. The van der Waals surface area contributed by atoms with E-state index in [0.717, 1.165) is 0 Å². The predicted molar refractivity (Wildman–Crippen MR) is 167 cm³/mol. The van der Waals surface area contributed by atoms with E-state index < -0.39 is 39.8 Å². The van der Waals surface area contributed by atoms with Crippen molar-refractivity contribution in [2.75, 3.05) is 31.4 Å². The number of carbonyl (C=O) groups excluding carboxylic acids is 2. The van der Waals surface area contributed by atoms with Crippen LogP contribution < -0.4 is 29.6 Å². The highest BCUT2D eigenvalue weighted by atomic mass is 32.2. The number of aromatic nitrogens is 1. The molecule has 2 aromatic carbocycles. The summed E-state index contributed by atoms with van der Waals surface area (Å²) in [6.45, 7) is 3.82. The molecule has 3 rings (SSSR count). The van der Waals surface area contributed by atoms with Crippen molar-refractivity contribution in [2.24, 2.45) is 11.8 Å². The molecule has 1 heterocycles. The molecule has 13 nitrogen and oxygen atoms in total. The van der Waals surface area contributed by atoms with Gasteiger partial charge in [-0.25, -0.2) is 13.4 Å². The van der Waals surface area contributed by atoms with Crippen LogP contribution in [0.4, 0.5) is 11.5 Å². The van der Waals surface area contributed by atoms with Gasteiger partial charge in [-0.05, 0) is 60.4 Å². The Balaban J connectivity index is 1.71. The fourth-order valence-corrected chi connectivity index (χ4v) is 5.58. The van der Waals surface area contributed by atoms with Gasteiger partial charge in [-0.2, -0.15) is 0 Å². The van der Waals surface area contributed by atoms with Crippen LogP contribution >= 0.6 is 0 Å². The van der Waals surface area contributed by atoms with Crippen LogP contribution in [0.5, 0.6) is 17.2 Å².